The summed E-state index contributed by atoms with van der Waals surface area (Å²) in [5.41, 5.74) is 2.82. The van der Waals surface area contributed by atoms with Crippen LogP contribution in [-0.2, 0) is 26.2 Å². The van der Waals surface area contributed by atoms with Gasteiger partial charge in [0.15, 0.2) is 6.04 Å². The van der Waals surface area contributed by atoms with Crippen LogP contribution < -0.4 is 10.3 Å². The van der Waals surface area contributed by atoms with E-state index in [0.29, 0.717) is 24.2 Å². The van der Waals surface area contributed by atoms with Gasteiger partial charge in [-0.3, -0.25) is 14.4 Å². The Morgan fingerprint density at radius 1 is 1.02 bits per heavy atom. The number of hydrogen-bond acceptors (Lipinski definition) is 7. The molecule has 0 radical (unpaired) electrons. The van der Waals surface area contributed by atoms with Gasteiger partial charge in [-0.2, -0.15) is 10.4 Å². The summed E-state index contributed by atoms with van der Waals surface area (Å²) < 4.78 is 13.5. The standard InChI is InChI=1S/C34H32FN7O3/c35-24-11-13-25(14-12-24)42-20-29(38-39-42)31(43)40-16-6-2-3-7-22-10-15-28-27(17-22)34(33(45)37-28)18-26(19-36)41(21-34)32(44)30(40)23-8-4-1-5-9-23/h1,4-5,8-15,17,26,29-30H,2-3,6-7,16,18,20-21H2,(H,37,45)/t26-,29?,30-,34-/m0/s1. The number of benzene rings is 3. The molecule has 1 unspecified atom stereocenters. The minimum atomic E-state index is -1.04. The van der Waals surface area contributed by atoms with Gasteiger partial charge in [0.25, 0.3) is 11.8 Å². The number of hydrogen-bond donors (Lipinski definition) is 1. The van der Waals surface area contributed by atoms with Gasteiger partial charge in [0.05, 0.1) is 23.7 Å². The molecule has 3 aromatic rings. The smallest absolute Gasteiger partial charge is 0.252 e. The SMILES string of the molecule is N#C[C@@H]1C[C@]23CN1C(=O)[C@H](c1ccccc1)N(C(=O)C1CN(c4ccc(F)cc4)N=N1)CCCCCc1ccc(c2c1)NC3=O. The zero-order chi connectivity index (χ0) is 31.1. The number of carbonyl (C=O) groups is 3. The number of halogens is 1. The summed E-state index contributed by atoms with van der Waals surface area (Å²) >= 11 is 0. The van der Waals surface area contributed by atoms with Crippen molar-refractivity contribution < 1.29 is 18.8 Å². The van der Waals surface area contributed by atoms with Gasteiger partial charge in [-0.25, -0.2) is 9.40 Å². The fourth-order valence-corrected chi connectivity index (χ4v) is 7.08. The highest BCUT2D eigenvalue weighted by molar-refractivity contribution is 6.07. The average Bonchev–Trinajstić information content (AvgIpc) is 3.77. The molecule has 3 amide bonds. The number of aryl methyl sites for hydroxylation is 1. The number of fused-ring (bicyclic) bond motifs is 2. The van der Waals surface area contributed by atoms with Crippen molar-refractivity contribution in [2.45, 2.75) is 55.6 Å². The van der Waals surface area contributed by atoms with Gasteiger partial charge < -0.3 is 15.1 Å². The van der Waals surface area contributed by atoms with Crippen LogP contribution in [0.5, 0.6) is 0 Å². The van der Waals surface area contributed by atoms with Crippen LogP contribution >= 0.6 is 0 Å². The molecule has 4 bridgehead atoms. The van der Waals surface area contributed by atoms with E-state index in [1.54, 1.807) is 22.0 Å². The van der Waals surface area contributed by atoms with Crippen molar-refractivity contribution in [2.75, 3.05) is 30.0 Å². The third-order valence-corrected chi connectivity index (χ3v) is 9.44. The molecule has 1 spiro atoms. The molecule has 4 atom stereocenters. The van der Waals surface area contributed by atoms with Gasteiger partial charge in [0.1, 0.15) is 17.9 Å². The first-order valence-electron chi connectivity index (χ1n) is 15.3. The highest BCUT2D eigenvalue weighted by atomic mass is 19.1. The molecule has 11 heteroatoms. The van der Waals surface area contributed by atoms with E-state index in [1.165, 1.54) is 17.0 Å². The lowest BCUT2D eigenvalue weighted by Crippen LogP contribution is -2.51. The van der Waals surface area contributed by atoms with Gasteiger partial charge in [-0.1, -0.05) is 54.1 Å². The number of rotatable bonds is 3. The van der Waals surface area contributed by atoms with Crippen molar-refractivity contribution in [1.29, 1.82) is 5.26 Å². The molecule has 1 saturated heterocycles. The first-order valence-corrected chi connectivity index (χ1v) is 15.3. The topological polar surface area (TPSA) is 121 Å². The maximum Gasteiger partial charge on any atom is 0.252 e. The van der Waals surface area contributed by atoms with Crippen LogP contribution in [-0.4, -0.2) is 59.2 Å². The fraction of sp³-hybridized carbons (Fsp3) is 0.353. The van der Waals surface area contributed by atoms with Gasteiger partial charge in [-0.05, 0) is 66.3 Å². The normalized spacial score (nSPS) is 26.0. The molecule has 3 aromatic carbocycles. The zero-order valence-electron chi connectivity index (χ0n) is 24.6. The number of nitriles is 1. The van der Waals surface area contributed by atoms with Crippen LogP contribution in [0.15, 0.2) is 83.1 Å². The van der Waals surface area contributed by atoms with E-state index >= 15 is 0 Å². The van der Waals surface area contributed by atoms with Crippen LogP contribution in [0.3, 0.4) is 0 Å². The molecule has 4 aliphatic heterocycles. The number of anilines is 2. The summed E-state index contributed by atoms with van der Waals surface area (Å²) in [6, 6.07) is 20.4. The second-order valence-corrected chi connectivity index (χ2v) is 12.2. The first-order chi connectivity index (χ1) is 21.9. The van der Waals surface area contributed by atoms with Gasteiger partial charge >= 0.3 is 0 Å². The van der Waals surface area contributed by atoms with Crippen LogP contribution in [0.25, 0.3) is 0 Å². The molecule has 1 N–H and O–H groups in total. The monoisotopic (exact) mass is 605 g/mol. The maximum atomic E-state index is 14.7. The first kappa shape index (κ1) is 28.6. The quantitative estimate of drug-likeness (QED) is 0.464. The molecular weight excluding hydrogens is 573 g/mol. The summed E-state index contributed by atoms with van der Waals surface area (Å²) in [4.78, 5) is 45.7. The Labute approximate surface area is 260 Å². The lowest BCUT2D eigenvalue weighted by molar-refractivity contribution is -0.147. The summed E-state index contributed by atoms with van der Waals surface area (Å²) in [6.07, 6.45) is 3.33. The molecule has 0 saturated carbocycles. The molecule has 4 heterocycles. The fourth-order valence-electron chi connectivity index (χ4n) is 7.08. The predicted molar refractivity (Wildman–Crippen MR) is 163 cm³/mol. The maximum absolute atomic E-state index is 14.7. The van der Waals surface area contributed by atoms with Gasteiger partial charge in [0, 0.05) is 25.2 Å². The molecule has 45 heavy (non-hydrogen) atoms. The number of nitrogens with one attached hydrogen (secondary N) is 1. The highest BCUT2D eigenvalue weighted by Gasteiger charge is 2.57. The zero-order valence-corrected chi connectivity index (χ0v) is 24.6. The average molecular weight is 606 g/mol. The second kappa shape index (κ2) is 11.4. The van der Waals surface area contributed by atoms with E-state index in [-0.39, 0.29) is 37.1 Å². The molecule has 7 rings (SSSR count). The lowest BCUT2D eigenvalue weighted by Gasteiger charge is -2.36. The summed E-state index contributed by atoms with van der Waals surface area (Å²) in [5, 5.41) is 23.3. The summed E-state index contributed by atoms with van der Waals surface area (Å²) in [6.45, 7) is 0.481. The number of amides is 3. The van der Waals surface area contributed by atoms with E-state index < -0.39 is 29.4 Å². The third-order valence-electron chi connectivity index (χ3n) is 9.44. The van der Waals surface area contributed by atoms with Crippen molar-refractivity contribution in [3.63, 3.8) is 0 Å². The molecule has 228 valence electrons. The number of nitrogens with zero attached hydrogens (tertiary/aromatic N) is 6. The van der Waals surface area contributed by atoms with E-state index in [1.807, 2.05) is 42.5 Å². The molecule has 4 aliphatic rings. The lowest BCUT2D eigenvalue weighted by atomic mass is 9.79. The Hall–Kier alpha value is -5.11. The van der Waals surface area contributed by atoms with Gasteiger partial charge in [0.2, 0.25) is 5.91 Å². The van der Waals surface area contributed by atoms with Crippen molar-refractivity contribution in [3.05, 3.63) is 95.3 Å². The van der Waals surface area contributed by atoms with Crippen molar-refractivity contribution in [1.82, 2.24) is 9.80 Å². The Morgan fingerprint density at radius 3 is 2.60 bits per heavy atom. The van der Waals surface area contributed by atoms with Crippen LogP contribution in [0.2, 0.25) is 0 Å². The summed E-state index contributed by atoms with van der Waals surface area (Å²) in [7, 11) is 0. The van der Waals surface area contributed by atoms with E-state index in [0.717, 1.165) is 36.1 Å². The van der Waals surface area contributed by atoms with E-state index in [9.17, 15) is 24.0 Å². The van der Waals surface area contributed by atoms with Crippen LogP contribution in [0, 0.1) is 17.1 Å². The van der Waals surface area contributed by atoms with Crippen molar-refractivity contribution in [2.24, 2.45) is 10.3 Å². The van der Waals surface area contributed by atoms with Gasteiger partial charge in [-0.15, -0.1) is 0 Å². The molecular formula is C34H32FN7O3. The molecule has 1 fully saturated rings. The molecule has 10 nitrogen and oxygen atoms in total. The van der Waals surface area contributed by atoms with Crippen LogP contribution in [0.1, 0.15) is 48.4 Å². The minimum absolute atomic E-state index is 0.0409. The largest absolute Gasteiger partial charge is 0.325 e. The number of carbonyl (C=O) groups excluding carboxylic acids is 3. The highest BCUT2D eigenvalue weighted by Crippen LogP contribution is 2.47. The minimum Gasteiger partial charge on any atom is -0.325 e. The summed E-state index contributed by atoms with van der Waals surface area (Å²) in [5.74, 6) is -1.35. The van der Waals surface area contributed by atoms with Crippen molar-refractivity contribution in [3.8, 4) is 6.07 Å². The second-order valence-electron chi connectivity index (χ2n) is 12.2. The Kier molecular flexibility index (Phi) is 7.28. The third kappa shape index (κ3) is 5.00. The Morgan fingerprint density at radius 2 is 1.82 bits per heavy atom. The van der Waals surface area contributed by atoms with Crippen molar-refractivity contribution >= 4 is 29.1 Å². The Bertz CT molecular complexity index is 1720. The van der Waals surface area contributed by atoms with E-state index in [2.05, 4.69) is 27.8 Å². The van der Waals surface area contributed by atoms with E-state index in [4.69, 9.17) is 0 Å². The Balaban J connectivity index is 1.27. The molecule has 0 aromatic heterocycles. The van der Waals surface area contributed by atoms with Crippen LogP contribution in [0.4, 0.5) is 15.8 Å². The predicted octanol–water partition coefficient (Wildman–Crippen LogP) is 4.69. The molecule has 0 aliphatic carbocycles.